The van der Waals surface area contributed by atoms with Gasteiger partial charge in [-0.1, -0.05) is 35.9 Å². The monoisotopic (exact) mass is 368 g/mol. The van der Waals surface area contributed by atoms with Gasteiger partial charge in [-0.2, -0.15) is 0 Å². The molecule has 2 N–H and O–H groups in total. The lowest BCUT2D eigenvalue weighted by Crippen LogP contribution is -2.25. The maximum atomic E-state index is 10.9. The molecule has 0 saturated heterocycles. The second-order valence-corrected chi connectivity index (χ2v) is 6.04. The molecule has 0 spiro atoms. The van der Waals surface area contributed by atoms with Crippen LogP contribution in [-0.4, -0.2) is 11.0 Å². The Labute approximate surface area is 136 Å². The first-order valence-electron chi connectivity index (χ1n) is 6.39. The minimum Gasteiger partial charge on any atom is -0.327 e. The highest BCUT2D eigenvalue weighted by molar-refractivity contribution is 9.10. The number of benzene rings is 2. The third-order valence-electron chi connectivity index (χ3n) is 3.12. The highest BCUT2D eigenvalue weighted by Crippen LogP contribution is 2.29. The highest BCUT2D eigenvalue weighted by Gasteiger charge is 2.16. The van der Waals surface area contributed by atoms with Crippen molar-refractivity contribution in [2.75, 3.05) is 0 Å². The van der Waals surface area contributed by atoms with Crippen LogP contribution in [0.3, 0.4) is 0 Å². The normalized spacial score (nSPS) is 12.1. The standard InChI is InChI=1S/C15H14BrClN2O2/c16-15-11(4-2-6-14(15)19(20)21)9-13(18)8-10-3-1-5-12(17)7-10/h1-7,13H,8-9,18H2. The number of nitro benzene ring substituents is 1. The van der Waals surface area contributed by atoms with E-state index < -0.39 is 4.92 Å². The van der Waals surface area contributed by atoms with Gasteiger partial charge in [-0.25, -0.2) is 0 Å². The molecule has 0 heterocycles. The summed E-state index contributed by atoms with van der Waals surface area (Å²) < 4.78 is 0.497. The van der Waals surface area contributed by atoms with E-state index in [1.54, 1.807) is 6.07 Å². The lowest BCUT2D eigenvalue weighted by atomic mass is 9.99. The summed E-state index contributed by atoms with van der Waals surface area (Å²) >= 11 is 9.24. The third-order valence-corrected chi connectivity index (χ3v) is 4.27. The average Bonchev–Trinajstić information content (AvgIpc) is 2.40. The van der Waals surface area contributed by atoms with Crippen LogP contribution < -0.4 is 5.73 Å². The van der Waals surface area contributed by atoms with Crippen LogP contribution in [0.25, 0.3) is 0 Å². The zero-order valence-corrected chi connectivity index (χ0v) is 13.5. The number of hydrogen-bond donors (Lipinski definition) is 1. The van der Waals surface area contributed by atoms with Crippen LogP contribution in [0.5, 0.6) is 0 Å². The van der Waals surface area contributed by atoms with Crippen molar-refractivity contribution in [3.63, 3.8) is 0 Å². The Hall–Kier alpha value is -1.43. The molecule has 4 nitrogen and oxygen atoms in total. The Morgan fingerprint density at radius 1 is 1.24 bits per heavy atom. The quantitative estimate of drug-likeness (QED) is 0.636. The molecule has 0 saturated carbocycles. The summed E-state index contributed by atoms with van der Waals surface area (Å²) in [4.78, 5) is 10.5. The zero-order chi connectivity index (χ0) is 15.4. The van der Waals surface area contributed by atoms with Gasteiger partial charge in [0.15, 0.2) is 0 Å². The van der Waals surface area contributed by atoms with Gasteiger partial charge in [-0.05, 0) is 52.0 Å². The molecule has 0 aliphatic carbocycles. The van der Waals surface area contributed by atoms with Crippen molar-refractivity contribution in [1.82, 2.24) is 0 Å². The number of nitrogens with two attached hydrogens (primary N) is 1. The maximum absolute atomic E-state index is 10.9. The summed E-state index contributed by atoms with van der Waals surface area (Å²) in [6.07, 6.45) is 1.21. The molecule has 0 aliphatic heterocycles. The first-order valence-corrected chi connectivity index (χ1v) is 7.56. The van der Waals surface area contributed by atoms with Gasteiger partial charge in [0.05, 0.1) is 9.40 Å². The predicted molar refractivity (Wildman–Crippen MR) is 87.6 cm³/mol. The van der Waals surface area contributed by atoms with Gasteiger partial charge >= 0.3 is 0 Å². The van der Waals surface area contributed by atoms with Crippen molar-refractivity contribution in [2.24, 2.45) is 5.73 Å². The number of nitrogens with zero attached hydrogens (tertiary/aromatic N) is 1. The molecule has 1 unspecified atom stereocenters. The summed E-state index contributed by atoms with van der Waals surface area (Å²) in [7, 11) is 0. The van der Waals surface area contributed by atoms with Crippen LogP contribution in [0.1, 0.15) is 11.1 Å². The fraction of sp³-hybridized carbons (Fsp3) is 0.200. The Kier molecular flexibility index (Phi) is 5.33. The second kappa shape index (κ2) is 7.02. The Morgan fingerprint density at radius 3 is 2.62 bits per heavy atom. The SMILES string of the molecule is NC(Cc1cccc(Cl)c1)Cc1cccc([N+](=O)[O-])c1Br. The summed E-state index contributed by atoms with van der Waals surface area (Å²) in [5, 5.41) is 11.6. The van der Waals surface area contributed by atoms with E-state index in [2.05, 4.69) is 15.9 Å². The molecule has 0 fully saturated rings. The molecule has 110 valence electrons. The van der Waals surface area contributed by atoms with Crippen LogP contribution in [0.15, 0.2) is 46.9 Å². The molecule has 0 amide bonds. The molecule has 0 aliphatic rings. The van der Waals surface area contributed by atoms with Gasteiger partial charge in [-0.15, -0.1) is 0 Å². The van der Waals surface area contributed by atoms with Crippen LogP contribution >= 0.6 is 27.5 Å². The lowest BCUT2D eigenvalue weighted by molar-refractivity contribution is -0.385. The van der Waals surface area contributed by atoms with E-state index in [0.29, 0.717) is 22.3 Å². The average molecular weight is 370 g/mol. The minimum atomic E-state index is -0.407. The zero-order valence-electron chi connectivity index (χ0n) is 11.1. The third kappa shape index (κ3) is 4.27. The molecule has 0 bridgehead atoms. The topological polar surface area (TPSA) is 69.2 Å². The molecule has 2 rings (SSSR count). The molecular weight excluding hydrogens is 356 g/mol. The summed E-state index contributed by atoms with van der Waals surface area (Å²) in [6, 6.07) is 12.4. The summed E-state index contributed by atoms with van der Waals surface area (Å²) in [6.45, 7) is 0. The fourth-order valence-corrected chi connectivity index (χ4v) is 2.97. The van der Waals surface area contributed by atoms with Crippen LogP contribution in [0.4, 0.5) is 5.69 Å². The molecule has 6 heteroatoms. The molecule has 2 aromatic carbocycles. The molecular formula is C15H14BrClN2O2. The minimum absolute atomic E-state index is 0.0578. The molecule has 0 aromatic heterocycles. The first-order chi connectivity index (χ1) is 9.97. The van der Waals surface area contributed by atoms with Gasteiger partial charge in [0.25, 0.3) is 5.69 Å². The predicted octanol–water partition coefficient (Wildman–Crippen LogP) is 4.12. The number of halogens is 2. The highest BCUT2D eigenvalue weighted by atomic mass is 79.9. The smallest absolute Gasteiger partial charge is 0.283 e. The van der Waals surface area contributed by atoms with Gasteiger partial charge in [0, 0.05) is 17.1 Å². The van der Waals surface area contributed by atoms with Gasteiger partial charge in [-0.3, -0.25) is 10.1 Å². The van der Waals surface area contributed by atoms with E-state index in [9.17, 15) is 10.1 Å². The van der Waals surface area contributed by atoms with Crippen molar-refractivity contribution < 1.29 is 4.92 Å². The molecule has 21 heavy (non-hydrogen) atoms. The van der Waals surface area contributed by atoms with Crippen LogP contribution in [0, 0.1) is 10.1 Å². The number of hydrogen-bond acceptors (Lipinski definition) is 3. The van der Waals surface area contributed by atoms with E-state index in [1.807, 2.05) is 30.3 Å². The molecule has 0 radical (unpaired) electrons. The number of rotatable bonds is 5. The van der Waals surface area contributed by atoms with Crippen molar-refractivity contribution in [1.29, 1.82) is 0 Å². The van der Waals surface area contributed by atoms with Crippen molar-refractivity contribution in [3.05, 3.63) is 73.2 Å². The van der Waals surface area contributed by atoms with E-state index in [4.69, 9.17) is 17.3 Å². The second-order valence-electron chi connectivity index (χ2n) is 4.81. The number of nitro groups is 1. The van der Waals surface area contributed by atoms with E-state index in [1.165, 1.54) is 6.07 Å². The van der Waals surface area contributed by atoms with Crippen LogP contribution in [0.2, 0.25) is 5.02 Å². The largest absolute Gasteiger partial charge is 0.327 e. The van der Waals surface area contributed by atoms with E-state index in [-0.39, 0.29) is 11.7 Å². The molecule has 1 atom stereocenters. The van der Waals surface area contributed by atoms with Gasteiger partial charge in [0.1, 0.15) is 0 Å². The van der Waals surface area contributed by atoms with Crippen molar-refractivity contribution in [2.45, 2.75) is 18.9 Å². The van der Waals surface area contributed by atoms with Crippen molar-refractivity contribution >= 4 is 33.2 Å². The summed E-state index contributed by atoms with van der Waals surface area (Å²) in [5.74, 6) is 0. The van der Waals surface area contributed by atoms with Crippen molar-refractivity contribution in [3.8, 4) is 0 Å². The van der Waals surface area contributed by atoms with Crippen LogP contribution in [-0.2, 0) is 12.8 Å². The van der Waals surface area contributed by atoms with E-state index in [0.717, 1.165) is 11.1 Å². The van der Waals surface area contributed by atoms with Gasteiger partial charge < -0.3 is 5.73 Å². The van der Waals surface area contributed by atoms with E-state index >= 15 is 0 Å². The summed E-state index contributed by atoms with van der Waals surface area (Å²) in [5.41, 5.74) is 8.09. The lowest BCUT2D eigenvalue weighted by Gasteiger charge is -2.13. The Morgan fingerprint density at radius 2 is 1.95 bits per heavy atom. The first kappa shape index (κ1) is 15.9. The maximum Gasteiger partial charge on any atom is 0.283 e. The van der Waals surface area contributed by atoms with Gasteiger partial charge in [0.2, 0.25) is 0 Å². The Bertz CT molecular complexity index is 664. The molecule has 2 aromatic rings. The fourth-order valence-electron chi connectivity index (χ4n) is 2.19. The Balaban J connectivity index is 2.11.